The van der Waals surface area contributed by atoms with Crippen molar-refractivity contribution >= 4 is 11.9 Å². The van der Waals surface area contributed by atoms with Gasteiger partial charge in [-0.15, -0.1) is 0 Å². The van der Waals surface area contributed by atoms with Crippen molar-refractivity contribution in [3.63, 3.8) is 0 Å². The number of hydrogen-bond donors (Lipinski definition) is 0. The molecule has 1 aromatic carbocycles. The molecule has 0 aromatic heterocycles. The number of esters is 2. The van der Waals surface area contributed by atoms with Crippen molar-refractivity contribution in [3.05, 3.63) is 29.8 Å². The molecule has 0 heterocycles. The summed E-state index contributed by atoms with van der Waals surface area (Å²) >= 11 is 0. The average Bonchev–Trinajstić information content (AvgIpc) is 2.27. The summed E-state index contributed by atoms with van der Waals surface area (Å²) in [6.07, 6.45) is -5.28. The SMILES string of the molecule is CC(C)Oc1ccc(C(=O)OC(=O)C(F)(F)F)cc1. The summed E-state index contributed by atoms with van der Waals surface area (Å²) in [5.41, 5.74) is -0.172. The van der Waals surface area contributed by atoms with Crippen molar-refractivity contribution < 1.29 is 32.2 Å². The van der Waals surface area contributed by atoms with Crippen LogP contribution in [0.2, 0.25) is 0 Å². The van der Waals surface area contributed by atoms with Gasteiger partial charge in [-0.1, -0.05) is 0 Å². The fourth-order valence-electron chi connectivity index (χ4n) is 1.14. The van der Waals surface area contributed by atoms with Crippen LogP contribution in [-0.2, 0) is 9.53 Å². The van der Waals surface area contributed by atoms with E-state index in [2.05, 4.69) is 4.74 Å². The molecule has 0 atom stereocenters. The highest BCUT2D eigenvalue weighted by Crippen LogP contribution is 2.19. The highest BCUT2D eigenvalue weighted by molar-refractivity contribution is 5.98. The Kier molecular flexibility index (Phi) is 4.52. The number of benzene rings is 1. The van der Waals surface area contributed by atoms with Crippen LogP contribution in [0.1, 0.15) is 24.2 Å². The molecule has 104 valence electrons. The number of alkyl halides is 3. The van der Waals surface area contributed by atoms with Gasteiger partial charge in [0, 0.05) is 0 Å². The van der Waals surface area contributed by atoms with Gasteiger partial charge in [-0.3, -0.25) is 0 Å². The van der Waals surface area contributed by atoms with Crippen molar-refractivity contribution in [1.29, 1.82) is 0 Å². The number of halogens is 3. The molecule has 0 saturated heterocycles. The summed E-state index contributed by atoms with van der Waals surface area (Å²) in [6.45, 7) is 3.59. The quantitative estimate of drug-likeness (QED) is 0.629. The summed E-state index contributed by atoms with van der Waals surface area (Å²) in [7, 11) is 0. The van der Waals surface area contributed by atoms with Gasteiger partial charge in [0.25, 0.3) is 0 Å². The van der Waals surface area contributed by atoms with Crippen LogP contribution in [0.25, 0.3) is 0 Å². The lowest BCUT2D eigenvalue weighted by atomic mass is 10.2. The minimum atomic E-state index is -5.20. The molecule has 0 aliphatic rings. The second-order valence-corrected chi connectivity index (χ2v) is 3.87. The largest absolute Gasteiger partial charge is 0.491 e. The van der Waals surface area contributed by atoms with E-state index in [1.807, 2.05) is 0 Å². The number of carbonyl (C=O) groups is 2. The molecule has 0 saturated carbocycles. The predicted molar refractivity (Wildman–Crippen MR) is 58.7 cm³/mol. The van der Waals surface area contributed by atoms with Gasteiger partial charge < -0.3 is 9.47 Å². The Morgan fingerprint density at radius 3 is 2.05 bits per heavy atom. The molecule has 0 N–H and O–H groups in total. The van der Waals surface area contributed by atoms with E-state index in [0.29, 0.717) is 5.75 Å². The zero-order valence-corrected chi connectivity index (χ0v) is 10.2. The molecule has 1 aromatic rings. The fourth-order valence-corrected chi connectivity index (χ4v) is 1.14. The Bertz CT molecular complexity index is 463. The highest BCUT2D eigenvalue weighted by Gasteiger charge is 2.42. The van der Waals surface area contributed by atoms with E-state index < -0.39 is 18.1 Å². The first-order valence-corrected chi connectivity index (χ1v) is 5.30. The van der Waals surface area contributed by atoms with Crippen LogP contribution in [0, 0.1) is 0 Å². The third-order valence-corrected chi connectivity index (χ3v) is 1.88. The van der Waals surface area contributed by atoms with Crippen LogP contribution >= 0.6 is 0 Å². The number of rotatable bonds is 3. The normalized spacial score (nSPS) is 11.3. The molecule has 0 spiro atoms. The molecular formula is C12H11F3O4. The van der Waals surface area contributed by atoms with E-state index in [0.717, 1.165) is 0 Å². The van der Waals surface area contributed by atoms with Crippen molar-refractivity contribution in [2.75, 3.05) is 0 Å². The van der Waals surface area contributed by atoms with Gasteiger partial charge >= 0.3 is 18.1 Å². The van der Waals surface area contributed by atoms with E-state index >= 15 is 0 Å². The topological polar surface area (TPSA) is 52.6 Å². The monoisotopic (exact) mass is 276 g/mol. The Morgan fingerprint density at radius 2 is 1.63 bits per heavy atom. The van der Waals surface area contributed by atoms with Crippen LogP contribution in [0.5, 0.6) is 5.75 Å². The highest BCUT2D eigenvalue weighted by atomic mass is 19.4. The first kappa shape index (κ1) is 15.0. The molecule has 0 radical (unpaired) electrons. The van der Waals surface area contributed by atoms with Crippen LogP contribution in [0.3, 0.4) is 0 Å². The lowest BCUT2D eigenvalue weighted by molar-refractivity contribution is -0.193. The smallest absolute Gasteiger partial charge is 0.491 e. The van der Waals surface area contributed by atoms with Gasteiger partial charge in [0.2, 0.25) is 0 Å². The number of hydrogen-bond acceptors (Lipinski definition) is 4. The number of carbonyl (C=O) groups excluding carboxylic acids is 2. The number of ether oxygens (including phenoxy) is 2. The standard InChI is InChI=1S/C12H11F3O4/c1-7(2)18-9-5-3-8(4-6-9)10(16)19-11(17)12(13,14)15/h3-7H,1-2H3. The van der Waals surface area contributed by atoms with Gasteiger partial charge in [-0.05, 0) is 38.1 Å². The molecule has 0 fully saturated rings. The first-order chi connectivity index (χ1) is 8.70. The van der Waals surface area contributed by atoms with Crippen LogP contribution < -0.4 is 4.74 Å². The molecule has 19 heavy (non-hydrogen) atoms. The molecule has 7 heteroatoms. The second-order valence-electron chi connectivity index (χ2n) is 3.87. The third kappa shape index (κ3) is 4.61. The zero-order valence-electron chi connectivity index (χ0n) is 10.2. The van der Waals surface area contributed by atoms with Crippen molar-refractivity contribution in [2.45, 2.75) is 26.1 Å². The minimum Gasteiger partial charge on any atom is -0.491 e. The first-order valence-electron chi connectivity index (χ1n) is 5.30. The van der Waals surface area contributed by atoms with Crippen molar-refractivity contribution in [1.82, 2.24) is 0 Å². The van der Waals surface area contributed by atoms with Crippen LogP contribution in [0.15, 0.2) is 24.3 Å². The van der Waals surface area contributed by atoms with Gasteiger partial charge in [0.15, 0.2) is 0 Å². The third-order valence-electron chi connectivity index (χ3n) is 1.88. The lowest BCUT2D eigenvalue weighted by Gasteiger charge is -2.10. The summed E-state index contributed by atoms with van der Waals surface area (Å²) in [5, 5.41) is 0. The Hall–Kier alpha value is -2.05. The molecule has 0 aliphatic carbocycles. The summed E-state index contributed by atoms with van der Waals surface area (Å²) in [5.74, 6) is -3.45. The Morgan fingerprint density at radius 1 is 1.11 bits per heavy atom. The molecule has 0 aliphatic heterocycles. The zero-order chi connectivity index (χ0) is 14.6. The van der Waals surface area contributed by atoms with Crippen molar-refractivity contribution in [2.24, 2.45) is 0 Å². The van der Waals surface area contributed by atoms with Gasteiger partial charge in [0.05, 0.1) is 11.7 Å². The maximum absolute atomic E-state index is 11.9. The van der Waals surface area contributed by atoms with Gasteiger partial charge in [-0.25, -0.2) is 9.59 Å². The molecule has 0 unspecified atom stereocenters. The minimum absolute atomic E-state index is 0.0791. The van der Waals surface area contributed by atoms with Crippen LogP contribution in [0.4, 0.5) is 13.2 Å². The summed E-state index contributed by atoms with van der Waals surface area (Å²) < 4.78 is 44.6. The summed E-state index contributed by atoms with van der Waals surface area (Å²) in [6, 6.07) is 5.22. The summed E-state index contributed by atoms with van der Waals surface area (Å²) in [4.78, 5) is 21.7. The van der Waals surface area contributed by atoms with Crippen LogP contribution in [-0.4, -0.2) is 24.2 Å². The lowest BCUT2D eigenvalue weighted by Crippen LogP contribution is -2.28. The molecule has 0 amide bonds. The molecule has 1 rings (SSSR count). The van der Waals surface area contributed by atoms with E-state index in [4.69, 9.17) is 4.74 Å². The average molecular weight is 276 g/mol. The molecule has 0 bridgehead atoms. The van der Waals surface area contributed by atoms with Crippen molar-refractivity contribution in [3.8, 4) is 5.75 Å². The molecular weight excluding hydrogens is 265 g/mol. The van der Waals surface area contributed by atoms with E-state index in [1.165, 1.54) is 24.3 Å². The predicted octanol–water partition coefficient (Wildman–Crippen LogP) is 2.72. The fraction of sp³-hybridized carbons (Fsp3) is 0.333. The van der Waals surface area contributed by atoms with E-state index in [1.54, 1.807) is 13.8 Å². The van der Waals surface area contributed by atoms with Gasteiger partial charge in [0.1, 0.15) is 5.75 Å². The maximum atomic E-state index is 11.9. The molecule has 4 nitrogen and oxygen atoms in total. The van der Waals surface area contributed by atoms with Gasteiger partial charge in [-0.2, -0.15) is 13.2 Å². The Balaban J connectivity index is 2.71. The van der Waals surface area contributed by atoms with E-state index in [-0.39, 0.29) is 11.7 Å². The van der Waals surface area contributed by atoms with E-state index in [9.17, 15) is 22.8 Å². The Labute approximate surface area is 107 Å². The second kappa shape index (κ2) is 5.73. The maximum Gasteiger partial charge on any atom is 0.491 e.